The molecule has 1 amide bonds. The van der Waals surface area contributed by atoms with Crippen LogP contribution in [0.2, 0.25) is 10.0 Å². The van der Waals surface area contributed by atoms with Crippen molar-refractivity contribution in [1.29, 1.82) is 0 Å². The van der Waals surface area contributed by atoms with E-state index in [-0.39, 0.29) is 20.7 Å². The Kier molecular flexibility index (Phi) is 7.50. The summed E-state index contributed by atoms with van der Waals surface area (Å²) in [5, 5.41) is 6.70. The van der Waals surface area contributed by atoms with Crippen molar-refractivity contribution < 1.29 is 19.0 Å². The van der Waals surface area contributed by atoms with Crippen LogP contribution < -0.4 is 24.8 Å². The SMILES string of the molecule is COc1cc2ncnc(Oc3ccc(NC(=S)NC(=O)c4c(Cl)cccc4Cl)cc3)c2cc1OC. The molecule has 0 saturated heterocycles. The molecule has 0 unspecified atom stereocenters. The van der Waals surface area contributed by atoms with Crippen molar-refractivity contribution in [2.45, 2.75) is 0 Å². The number of aromatic nitrogens is 2. The average Bonchev–Trinajstić information content (AvgIpc) is 2.84. The highest BCUT2D eigenvalue weighted by molar-refractivity contribution is 7.80. The first-order chi connectivity index (χ1) is 16.9. The summed E-state index contributed by atoms with van der Waals surface area (Å²) in [5.41, 5.74) is 1.42. The van der Waals surface area contributed by atoms with E-state index in [4.69, 9.17) is 49.6 Å². The maximum Gasteiger partial charge on any atom is 0.260 e. The fourth-order valence-electron chi connectivity index (χ4n) is 3.20. The molecule has 0 radical (unpaired) electrons. The Morgan fingerprint density at radius 3 is 2.26 bits per heavy atom. The zero-order chi connectivity index (χ0) is 24.9. The summed E-state index contributed by atoms with van der Waals surface area (Å²) in [7, 11) is 3.11. The first-order valence-electron chi connectivity index (χ1n) is 10.1. The third-order valence-corrected chi connectivity index (χ3v) is 5.68. The average molecular weight is 529 g/mol. The van der Waals surface area contributed by atoms with Crippen molar-refractivity contribution in [3.63, 3.8) is 0 Å². The Morgan fingerprint density at radius 1 is 0.943 bits per heavy atom. The lowest BCUT2D eigenvalue weighted by Crippen LogP contribution is -2.34. The quantitative estimate of drug-likeness (QED) is 0.300. The van der Waals surface area contributed by atoms with Crippen molar-refractivity contribution in [2.24, 2.45) is 0 Å². The summed E-state index contributed by atoms with van der Waals surface area (Å²) < 4.78 is 16.7. The molecule has 35 heavy (non-hydrogen) atoms. The van der Waals surface area contributed by atoms with Gasteiger partial charge in [-0.05, 0) is 54.7 Å². The molecule has 8 nitrogen and oxygen atoms in total. The molecule has 1 aromatic heterocycles. The fraction of sp³-hybridized carbons (Fsp3) is 0.0833. The van der Waals surface area contributed by atoms with Gasteiger partial charge in [-0.25, -0.2) is 9.97 Å². The van der Waals surface area contributed by atoms with Gasteiger partial charge in [-0.15, -0.1) is 0 Å². The first-order valence-corrected chi connectivity index (χ1v) is 11.3. The standard InChI is InChI=1S/C24H18Cl2N4O4S/c1-32-19-10-15-18(11-20(19)33-2)27-12-28-23(15)34-14-8-6-13(7-9-14)29-24(35)30-22(31)21-16(25)4-3-5-17(21)26/h3-12H,1-2H3,(H2,29,30,31,35). The van der Waals surface area contributed by atoms with Gasteiger partial charge in [-0.3, -0.25) is 10.1 Å². The van der Waals surface area contributed by atoms with E-state index in [2.05, 4.69) is 20.6 Å². The lowest BCUT2D eigenvalue weighted by Gasteiger charge is -2.13. The molecule has 4 aromatic rings. The van der Waals surface area contributed by atoms with E-state index in [0.717, 1.165) is 0 Å². The van der Waals surface area contributed by atoms with Crippen LogP contribution in [0.15, 0.2) is 60.9 Å². The zero-order valence-corrected chi connectivity index (χ0v) is 20.8. The summed E-state index contributed by atoms with van der Waals surface area (Å²) >= 11 is 17.4. The van der Waals surface area contributed by atoms with Crippen molar-refractivity contribution in [3.8, 4) is 23.1 Å². The summed E-state index contributed by atoms with van der Waals surface area (Å²) in [5.74, 6) is 1.47. The van der Waals surface area contributed by atoms with Gasteiger partial charge in [0.25, 0.3) is 5.91 Å². The minimum absolute atomic E-state index is 0.0856. The molecule has 0 aliphatic heterocycles. The van der Waals surface area contributed by atoms with Crippen LogP contribution in [0, 0.1) is 0 Å². The number of carbonyl (C=O) groups is 1. The molecule has 0 fully saturated rings. The topological polar surface area (TPSA) is 94.6 Å². The number of nitrogens with one attached hydrogen (secondary N) is 2. The Labute approximate surface area is 216 Å². The number of benzene rings is 3. The Bertz CT molecular complexity index is 1400. The van der Waals surface area contributed by atoms with E-state index in [1.165, 1.54) is 6.33 Å². The van der Waals surface area contributed by atoms with Crippen LogP contribution >= 0.6 is 35.4 Å². The van der Waals surface area contributed by atoms with Crippen molar-refractivity contribution in [2.75, 3.05) is 19.5 Å². The lowest BCUT2D eigenvalue weighted by atomic mass is 10.2. The molecular weight excluding hydrogens is 511 g/mol. The number of nitrogens with zero attached hydrogens (tertiary/aromatic N) is 2. The Hall–Kier alpha value is -3.66. The summed E-state index contributed by atoms with van der Waals surface area (Å²) in [4.78, 5) is 21.0. The first kappa shape index (κ1) is 24.5. The van der Waals surface area contributed by atoms with Gasteiger partial charge < -0.3 is 19.5 Å². The molecule has 0 saturated carbocycles. The van der Waals surface area contributed by atoms with Gasteiger partial charge in [0.05, 0.1) is 40.7 Å². The number of halogens is 2. The smallest absolute Gasteiger partial charge is 0.260 e. The maximum absolute atomic E-state index is 12.5. The minimum Gasteiger partial charge on any atom is -0.493 e. The number of anilines is 1. The Balaban J connectivity index is 1.45. The zero-order valence-electron chi connectivity index (χ0n) is 18.5. The molecule has 11 heteroatoms. The van der Waals surface area contributed by atoms with Crippen LogP contribution in [-0.4, -0.2) is 35.2 Å². The highest BCUT2D eigenvalue weighted by Crippen LogP contribution is 2.35. The van der Waals surface area contributed by atoms with Gasteiger partial charge in [0, 0.05) is 11.8 Å². The van der Waals surface area contributed by atoms with E-state index >= 15 is 0 Å². The van der Waals surface area contributed by atoms with Gasteiger partial charge in [0.15, 0.2) is 16.6 Å². The molecule has 2 N–H and O–H groups in total. The van der Waals surface area contributed by atoms with Crippen LogP contribution in [0.1, 0.15) is 10.4 Å². The van der Waals surface area contributed by atoms with Crippen molar-refractivity contribution >= 4 is 63.0 Å². The number of carbonyl (C=O) groups excluding carboxylic acids is 1. The highest BCUT2D eigenvalue weighted by atomic mass is 35.5. The van der Waals surface area contributed by atoms with Gasteiger partial charge in [-0.1, -0.05) is 29.3 Å². The van der Waals surface area contributed by atoms with Crippen LogP contribution in [0.25, 0.3) is 10.9 Å². The number of hydrogen-bond acceptors (Lipinski definition) is 7. The second-order valence-corrected chi connectivity index (χ2v) is 8.26. The van der Waals surface area contributed by atoms with E-state index in [1.807, 2.05) is 0 Å². The summed E-state index contributed by atoms with van der Waals surface area (Å²) in [6.45, 7) is 0. The van der Waals surface area contributed by atoms with E-state index in [1.54, 1.807) is 68.8 Å². The highest BCUT2D eigenvalue weighted by Gasteiger charge is 2.16. The molecule has 0 aliphatic carbocycles. The second-order valence-electron chi connectivity index (χ2n) is 7.03. The summed E-state index contributed by atoms with van der Waals surface area (Å²) in [6.07, 6.45) is 1.41. The van der Waals surface area contributed by atoms with Crippen molar-refractivity contribution in [1.82, 2.24) is 15.3 Å². The predicted molar refractivity (Wildman–Crippen MR) is 139 cm³/mol. The van der Waals surface area contributed by atoms with Gasteiger partial charge >= 0.3 is 0 Å². The van der Waals surface area contributed by atoms with E-state index < -0.39 is 5.91 Å². The number of fused-ring (bicyclic) bond motifs is 1. The Morgan fingerprint density at radius 2 is 1.60 bits per heavy atom. The molecule has 4 rings (SSSR count). The largest absolute Gasteiger partial charge is 0.493 e. The number of ether oxygens (including phenoxy) is 3. The molecular formula is C24H18Cl2N4O4S. The molecule has 3 aromatic carbocycles. The second kappa shape index (κ2) is 10.7. The minimum atomic E-state index is -0.513. The molecule has 0 bridgehead atoms. The van der Waals surface area contributed by atoms with Gasteiger partial charge in [0.1, 0.15) is 12.1 Å². The number of amides is 1. The maximum atomic E-state index is 12.5. The lowest BCUT2D eigenvalue weighted by molar-refractivity contribution is 0.0978. The summed E-state index contributed by atoms with van der Waals surface area (Å²) in [6, 6.07) is 15.2. The molecule has 0 atom stereocenters. The van der Waals surface area contributed by atoms with Crippen LogP contribution in [0.5, 0.6) is 23.1 Å². The third kappa shape index (κ3) is 5.54. The molecule has 0 spiro atoms. The monoisotopic (exact) mass is 528 g/mol. The fourth-order valence-corrected chi connectivity index (χ4v) is 3.98. The normalized spacial score (nSPS) is 10.5. The third-order valence-electron chi connectivity index (χ3n) is 4.85. The predicted octanol–water partition coefficient (Wildman–Crippen LogP) is 5.87. The van der Waals surface area contributed by atoms with E-state index in [0.29, 0.717) is 39.7 Å². The number of rotatable bonds is 6. The number of thiocarbonyl (C=S) groups is 1. The number of hydrogen-bond donors (Lipinski definition) is 2. The van der Waals surface area contributed by atoms with E-state index in [9.17, 15) is 4.79 Å². The van der Waals surface area contributed by atoms with Crippen LogP contribution in [-0.2, 0) is 0 Å². The van der Waals surface area contributed by atoms with Crippen LogP contribution in [0.3, 0.4) is 0 Å². The van der Waals surface area contributed by atoms with Crippen LogP contribution in [0.4, 0.5) is 5.69 Å². The molecule has 0 aliphatic rings. The van der Waals surface area contributed by atoms with Gasteiger partial charge in [-0.2, -0.15) is 0 Å². The van der Waals surface area contributed by atoms with Gasteiger partial charge in [0.2, 0.25) is 5.88 Å². The van der Waals surface area contributed by atoms with Crippen molar-refractivity contribution in [3.05, 3.63) is 76.5 Å². The molecule has 1 heterocycles. The molecule has 178 valence electrons. The number of methoxy groups -OCH3 is 2.